The molecule has 0 saturated carbocycles. The molecule has 1 aliphatic rings. The predicted octanol–water partition coefficient (Wildman–Crippen LogP) is 3.90. The average molecular weight is 418 g/mol. The summed E-state index contributed by atoms with van der Waals surface area (Å²) in [6, 6.07) is 11.4. The molecule has 0 saturated heterocycles. The van der Waals surface area contributed by atoms with Crippen LogP contribution in [0.15, 0.2) is 46.9 Å². The number of carbonyl (C=O) groups is 1. The van der Waals surface area contributed by atoms with Crippen molar-refractivity contribution in [2.45, 2.75) is 6.54 Å². The van der Waals surface area contributed by atoms with Gasteiger partial charge in [-0.1, -0.05) is 22.0 Å². The van der Waals surface area contributed by atoms with E-state index in [0.29, 0.717) is 25.5 Å². The number of benzene rings is 2. The third-order valence-corrected chi connectivity index (χ3v) is 4.50. The van der Waals surface area contributed by atoms with E-state index in [2.05, 4.69) is 15.9 Å². The number of ether oxygens (including phenoxy) is 3. The van der Waals surface area contributed by atoms with Crippen molar-refractivity contribution in [2.24, 2.45) is 0 Å². The molecule has 1 aliphatic heterocycles. The number of methoxy groups -OCH3 is 1. The molecule has 0 fully saturated rings. The molecule has 3 rings (SSSR count). The highest BCUT2D eigenvalue weighted by Gasteiger charge is 2.12. The normalized spacial score (nSPS) is 12.9. The molecular formula is C20H20BrNO4. The van der Waals surface area contributed by atoms with Gasteiger partial charge in [0.25, 0.3) is 0 Å². The largest absolute Gasteiger partial charge is 0.496 e. The lowest BCUT2D eigenvalue weighted by molar-refractivity contribution is -0.125. The lowest BCUT2D eigenvalue weighted by Crippen LogP contribution is -2.24. The second-order valence-corrected chi connectivity index (χ2v) is 6.80. The van der Waals surface area contributed by atoms with E-state index in [1.807, 2.05) is 36.4 Å². The van der Waals surface area contributed by atoms with Crippen LogP contribution in [0, 0.1) is 0 Å². The van der Waals surface area contributed by atoms with E-state index < -0.39 is 0 Å². The second kappa shape index (κ2) is 8.27. The van der Waals surface area contributed by atoms with Crippen molar-refractivity contribution in [3.8, 4) is 17.2 Å². The number of hydrogen-bond acceptors (Lipinski definition) is 4. The maximum atomic E-state index is 12.4. The number of amides is 1. The van der Waals surface area contributed by atoms with Crippen LogP contribution >= 0.6 is 15.9 Å². The van der Waals surface area contributed by atoms with E-state index >= 15 is 0 Å². The van der Waals surface area contributed by atoms with Crippen LogP contribution in [0.1, 0.15) is 11.1 Å². The van der Waals surface area contributed by atoms with Crippen LogP contribution in [0.2, 0.25) is 0 Å². The zero-order valence-corrected chi connectivity index (χ0v) is 16.3. The zero-order chi connectivity index (χ0) is 18.5. The van der Waals surface area contributed by atoms with Crippen molar-refractivity contribution in [1.29, 1.82) is 0 Å². The molecule has 136 valence electrons. The number of halogens is 1. The summed E-state index contributed by atoms with van der Waals surface area (Å²) in [6.45, 7) is 1.55. The fourth-order valence-corrected chi connectivity index (χ4v) is 3.07. The lowest BCUT2D eigenvalue weighted by atomic mass is 10.1. The van der Waals surface area contributed by atoms with E-state index in [1.54, 1.807) is 31.2 Å². The van der Waals surface area contributed by atoms with E-state index in [-0.39, 0.29) is 5.91 Å². The van der Waals surface area contributed by atoms with Crippen LogP contribution in [0.4, 0.5) is 0 Å². The molecule has 1 heterocycles. The van der Waals surface area contributed by atoms with Crippen molar-refractivity contribution in [3.05, 3.63) is 58.1 Å². The maximum absolute atomic E-state index is 12.4. The van der Waals surface area contributed by atoms with Crippen LogP contribution < -0.4 is 14.2 Å². The summed E-state index contributed by atoms with van der Waals surface area (Å²) >= 11 is 3.45. The van der Waals surface area contributed by atoms with Crippen LogP contribution in [-0.4, -0.2) is 38.2 Å². The maximum Gasteiger partial charge on any atom is 0.246 e. The molecule has 2 aromatic carbocycles. The molecule has 0 spiro atoms. The molecular weight excluding hydrogens is 398 g/mol. The molecule has 26 heavy (non-hydrogen) atoms. The smallest absolute Gasteiger partial charge is 0.246 e. The highest BCUT2D eigenvalue weighted by atomic mass is 79.9. The number of rotatable bonds is 5. The average Bonchev–Trinajstić information content (AvgIpc) is 2.66. The highest BCUT2D eigenvalue weighted by molar-refractivity contribution is 9.10. The lowest BCUT2D eigenvalue weighted by Gasteiger charge is -2.18. The van der Waals surface area contributed by atoms with Crippen molar-refractivity contribution >= 4 is 27.9 Å². The van der Waals surface area contributed by atoms with Crippen molar-refractivity contribution in [1.82, 2.24) is 4.90 Å². The Hall–Kier alpha value is -2.47. The highest BCUT2D eigenvalue weighted by Crippen LogP contribution is 2.31. The molecule has 1 amide bonds. The first kappa shape index (κ1) is 18.3. The number of nitrogens with zero attached hydrogens (tertiary/aromatic N) is 1. The minimum Gasteiger partial charge on any atom is -0.496 e. The Kier molecular flexibility index (Phi) is 5.83. The van der Waals surface area contributed by atoms with Gasteiger partial charge in [-0.05, 0) is 42.0 Å². The molecule has 6 heteroatoms. The Balaban J connectivity index is 1.67. The summed E-state index contributed by atoms with van der Waals surface area (Å²) in [5.74, 6) is 2.10. The molecule has 0 N–H and O–H groups in total. The molecule has 5 nitrogen and oxygen atoms in total. The van der Waals surface area contributed by atoms with E-state index in [4.69, 9.17) is 14.2 Å². The standard InChI is InChI=1S/C20H20BrNO4/c1-22(13-15-12-16(21)5-7-17(15)24-2)20(23)8-4-14-3-6-18-19(11-14)26-10-9-25-18/h3-8,11-12H,9-10,13H2,1-2H3/b8-4+. The Morgan fingerprint density at radius 3 is 2.73 bits per heavy atom. The number of fused-ring (bicyclic) bond motifs is 1. The molecule has 0 radical (unpaired) electrons. The van der Waals surface area contributed by atoms with Crippen molar-refractivity contribution in [3.63, 3.8) is 0 Å². The van der Waals surface area contributed by atoms with E-state index in [1.165, 1.54) is 0 Å². The van der Waals surface area contributed by atoms with Gasteiger partial charge in [-0.2, -0.15) is 0 Å². The molecule has 0 aromatic heterocycles. The van der Waals surface area contributed by atoms with Gasteiger partial charge < -0.3 is 19.1 Å². The second-order valence-electron chi connectivity index (χ2n) is 5.89. The SMILES string of the molecule is COc1ccc(Br)cc1CN(C)C(=O)/C=C/c1ccc2c(c1)OCCO2. The fourth-order valence-electron chi connectivity index (χ4n) is 2.66. The summed E-state index contributed by atoms with van der Waals surface area (Å²) < 4.78 is 17.4. The summed E-state index contributed by atoms with van der Waals surface area (Å²) in [5.41, 5.74) is 1.82. The van der Waals surface area contributed by atoms with Gasteiger partial charge in [-0.15, -0.1) is 0 Å². The molecule has 0 bridgehead atoms. The first-order valence-corrected chi connectivity index (χ1v) is 9.01. The molecule has 0 atom stereocenters. The number of carbonyl (C=O) groups excluding carboxylic acids is 1. The van der Waals surface area contributed by atoms with Crippen LogP contribution in [0.25, 0.3) is 6.08 Å². The predicted molar refractivity (Wildman–Crippen MR) is 104 cm³/mol. The van der Waals surface area contributed by atoms with Gasteiger partial charge in [0.05, 0.1) is 7.11 Å². The Labute approximate surface area is 161 Å². The summed E-state index contributed by atoms with van der Waals surface area (Å²) in [7, 11) is 3.38. The summed E-state index contributed by atoms with van der Waals surface area (Å²) in [4.78, 5) is 14.1. The molecule has 2 aromatic rings. The summed E-state index contributed by atoms with van der Waals surface area (Å²) in [5, 5.41) is 0. The number of likely N-dealkylation sites (N-methyl/N-ethyl adjacent to an activating group) is 1. The zero-order valence-electron chi connectivity index (χ0n) is 14.7. The minimum absolute atomic E-state index is 0.0954. The molecule has 0 aliphatic carbocycles. The summed E-state index contributed by atoms with van der Waals surface area (Å²) in [6.07, 6.45) is 3.32. The number of hydrogen-bond donors (Lipinski definition) is 0. The van der Waals surface area contributed by atoms with Gasteiger partial charge in [0, 0.05) is 29.7 Å². The van der Waals surface area contributed by atoms with Crippen LogP contribution in [-0.2, 0) is 11.3 Å². The third kappa shape index (κ3) is 4.38. The minimum atomic E-state index is -0.0954. The first-order chi connectivity index (χ1) is 12.6. The van der Waals surface area contributed by atoms with Crippen LogP contribution in [0.5, 0.6) is 17.2 Å². The third-order valence-electron chi connectivity index (χ3n) is 4.01. The van der Waals surface area contributed by atoms with Gasteiger partial charge in [0.2, 0.25) is 5.91 Å². The van der Waals surface area contributed by atoms with Crippen molar-refractivity contribution < 1.29 is 19.0 Å². The topological polar surface area (TPSA) is 48.0 Å². The monoisotopic (exact) mass is 417 g/mol. The van der Waals surface area contributed by atoms with Crippen LogP contribution in [0.3, 0.4) is 0 Å². The fraction of sp³-hybridized carbons (Fsp3) is 0.250. The van der Waals surface area contributed by atoms with Crippen molar-refractivity contribution in [2.75, 3.05) is 27.4 Å². The van der Waals surface area contributed by atoms with E-state index in [9.17, 15) is 4.79 Å². The Morgan fingerprint density at radius 1 is 1.19 bits per heavy atom. The Morgan fingerprint density at radius 2 is 1.96 bits per heavy atom. The quantitative estimate of drug-likeness (QED) is 0.692. The van der Waals surface area contributed by atoms with Gasteiger partial charge in [-0.3, -0.25) is 4.79 Å². The van der Waals surface area contributed by atoms with Gasteiger partial charge in [-0.25, -0.2) is 0 Å². The van der Waals surface area contributed by atoms with Gasteiger partial charge in [0.1, 0.15) is 19.0 Å². The van der Waals surface area contributed by atoms with Gasteiger partial charge in [0.15, 0.2) is 11.5 Å². The molecule has 0 unspecified atom stereocenters. The Bertz CT molecular complexity index is 835. The van der Waals surface area contributed by atoms with E-state index in [0.717, 1.165) is 27.1 Å². The first-order valence-electron chi connectivity index (χ1n) is 8.22. The van der Waals surface area contributed by atoms with Gasteiger partial charge >= 0.3 is 0 Å².